The van der Waals surface area contributed by atoms with Gasteiger partial charge in [-0.05, 0) is 31.0 Å². The number of benzene rings is 1. The van der Waals surface area contributed by atoms with Crippen LogP contribution >= 0.6 is 0 Å². The maximum absolute atomic E-state index is 12.7. The summed E-state index contributed by atoms with van der Waals surface area (Å²) in [7, 11) is 1.61. The highest BCUT2D eigenvalue weighted by molar-refractivity contribution is 5.93. The molecule has 2 aromatic rings. The molecule has 1 aromatic heterocycles. The molecule has 2 fully saturated rings. The fourth-order valence-corrected chi connectivity index (χ4v) is 4.06. The van der Waals surface area contributed by atoms with Gasteiger partial charge < -0.3 is 19.9 Å². The first kappa shape index (κ1) is 18.9. The van der Waals surface area contributed by atoms with E-state index in [0.29, 0.717) is 36.2 Å². The number of carbonyl (C=O) groups excluding carboxylic acids is 1. The van der Waals surface area contributed by atoms with Gasteiger partial charge in [0, 0.05) is 37.3 Å². The maximum atomic E-state index is 12.7. The molecule has 3 heterocycles. The van der Waals surface area contributed by atoms with Gasteiger partial charge in [0.25, 0.3) is 5.91 Å². The molecule has 4 rings (SSSR count). The van der Waals surface area contributed by atoms with Gasteiger partial charge in [-0.1, -0.05) is 12.1 Å². The van der Waals surface area contributed by atoms with Gasteiger partial charge in [0.2, 0.25) is 0 Å². The number of aliphatic hydroxyl groups excluding tert-OH is 1. The van der Waals surface area contributed by atoms with Gasteiger partial charge in [-0.3, -0.25) is 14.8 Å². The van der Waals surface area contributed by atoms with Crippen molar-refractivity contribution in [3.05, 3.63) is 36.0 Å². The van der Waals surface area contributed by atoms with Crippen molar-refractivity contribution in [1.82, 2.24) is 20.4 Å². The molecular weight excluding hydrogens is 360 g/mol. The first-order chi connectivity index (χ1) is 13.7. The number of amides is 1. The normalized spacial score (nSPS) is 24.7. The molecule has 0 aliphatic carbocycles. The Balaban J connectivity index is 1.38. The van der Waals surface area contributed by atoms with Gasteiger partial charge in [-0.2, -0.15) is 5.10 Å². The molecule has 28 heavy (non-hydrogen) atoms. The first-order valence-electron chi connectivity index (χ1n) is 9.64. The van der Waals surface area contributed by atoms with Gasteiger partial charge >= 0.3 is 0 Å². The molecular formula is C20H26N4O4. The first-order valence-corrected chi connectivity index (χ1v) is 9.64. The SMILES string of the molecule is COc1ccccc1-c1cc(C(=O)N[C@@H]2C[C@H]3CO[C@@H](CCO)CN3C2)[nH]n1. The number of carbonyl (C=O) groups is 1. The largest absolute Gasteiger partial charge is 0.496 e. The lowest BCUT2D eigenvalue weighted by molar-refractivity contribution is -0.0566. The topological polar surface area (TPSA) is 99.7 Å². The second-order valence-corrected chi connectivity index (χ2v) is 7.35. The summed E-state index contributed by atoms with van der Waals surface area (Å²) in [6.45, 7) is 2.39. The predicted octanol–water partition coefficient (Wildman–Crippen LogP) is 1.04. The van der Waals surface area contributed by atoms with Crippen LogP contribution in [-0.2, 0) is 4.74 Å². The number of nitrogens with one attached hydrogen (secondary N) is 2. The second-order valence-electron chi connectivity index (χ2n) is 7.35. The molecule has 0 saturated carbocycles. The van der Waals surface area contributed by atoms with Crippen LogP contribution in [0.4, 0.5) is 0 Å². The molecule has 1 aromatic carbocycles. The Labute approximate surface area is 163 Å². The maximum Gasteiger partial charge on any atom is 0.269 e. The van der Waals surface area contributed by atoms with Crippen LogP contribution in [0.1, 0.15) is 23.3 Å². The van der Waals surface area contributed by atoms with Crippen LogP contribution < -0.4 is 10.1 Å². The number of para-hydroxylation sites is 1. The van der Waals surface area contributed by atoms with Crippen molar-refractivity contribution in [3.63, 3.8) is 0 Å². The number of aliphatic hydroxyl groups is 1. The van der Waals surface area contributed by atoms with Crippen molar-refractivity contribution >= 4 is 5.91 Å². The van der Waals surface area contributed by atoms with Crippen molar-refractivity contribution in [2.75, 3.05) is 33.4 Å². The number of hydrogen-bond donors (Lipinski definition) is 3. The Morgan fingerprint density at radius 1 is 1.43 bits per heavy atom. The van der Waals surface area contributed by atoms with Gasteiger partial charge in [0.15, 0.2) is 0 Å². The van der Waals surface area contributed by atoms with Gasteiger partial charge in [0.05, 0.1) is 25.5 Å². The van der Waals surface area contributed by atoms with Crippen LogP contribution in [0.2, 0.25) is 0 Å². The van der Waals surface area contributed by atoms with Crippen molar-refractivity contribution in [2.45, 2.75) is 31.0 Å². The van der Waals surface area contributed by atoms with Crippen molar-refractivity contribution in [1.29, 1.82) is 0 Å². The van der Waals surface area contributed by atoms with E-state index in [1.54, 1.807) is 13.2 Å². The summed E-state index contributed by atoms with van der Waals surface area (Å²) in [6, 6.07) is 9.73. The lowest BCUT2D eigenvalue weighted by Crippen LogP contribution is -2.46. The van der Waals surface area contributed by atoms with E-state index in [0.717, 1.165) is 25.1 Å². The molecule has 3 atom stereocenters. The lowest BCUT2D eigenvalue weighted by atomic mass is 10.1. The zero-order valence-corrected chi connectivity index (χ0v) is 15.9. The quantitative estimate of drug-likeness (QED) is 0.686. The number of ether oxygens (including phenoxy) is 2. The highest BCUT2D eigenvalue weighted by Crippen LogP contribution is 2.28. The van der Waals surface area contributed by atoms with E-state index >= 15 is 0 Å². The minimum atomic E-state index is -0.161. The monoisotopic (exact) mass is 386 g/mol. The van der Waals surface area contributed by atoms with E-state index in [9.17, 15) is 4.79 Å². The number of methoxy groups -OCH3 is 1. The van der Waals surface area contributed by atoms with Crippen LogP contribution in [0, 0.1) is 0 Å². The predicted molar refractivity (Wildman–Crippen MR) is 103 cm³/mol. The van der Waals surface area contributed by atoms with E-state index in [1.807, 2.05) is 24.3 Å². The summed E-state index contributed by atoms with van der Waals surface area (Å²) < 4.78 is 11.2. The van der Waals surface area contributed by atoms with Crippen LogP contribution in [0.3, 0.4) is 0 Å². The zero-order chi connectivity index (χ0) is 19.5. The fourth-order valence-electron chi connectivity index (χ4n) is 4.06. The third-order valence-corrected chi connectivity index (χ3v) is 5.48. The van der Waals surface area contributed by atoms with Crippen molar-refractivity contribution in [2.24, 2.45) is 0 Å². The van der Waals surface area contributed by atoms with E-state index in [1.165, 1.54) is 0 Å². The summed E-state index contributed by atoms with van der Waals surface area (Å²) in [5, 5.41) is 19.3. The van der Waals surface area contributed by atoms with E-state index in [-0.39, 0.29) is 24.7 Å². The zero-order valence-electron chi connectivity index (χ0n) is 15.9. The molecule has 0 unspecified atom stereocenters. The smallest absolute Gasteiger partial charge is 0.269 e. The number of fused-ring (bicyclic) bond motifs is 1. The van der Waals surface area contributed by atoms with Crippen LogP contribution in [-0.4, -0.2) is 77.7 Å². The molecule has 8 heteroatoms. The number of H-pyrrole nitrogens is 1. The van der Waals surface area contributed by atoms with E-state index in [4.69, 9.17) is 14.6 Å². The number of rotatable bonds is 6. The van der Waals surface area contributed by atoms with Crippen LogP contribution in [0.25, 0.3) is 11.3 Å². The summed E-state index contributed by atoms with van der Waals surface area (Å²) in [4.78, 5) is 15.0. The van der Waals surface area contributed by atoms with Crippen LogP contribution in [0.5, 0.6) is 5.75 Å². The lowest BCUT2D eigenvalue weighted by Gasteiger charge is -2.34. The molecule has 2 saturated heterocycles. The minimum Gasteiger partial charge on any atom is -0.496 e. The summed E-state index contributed by atoms with van der Waals surface area (Å²) in [5.41, 5.74) is 1.94. The van der Waals surface area contributed by atoms with Gasteiger partial charge in [0.1, 0.15) is 11.4 Å². The average Bonchev–Trinajstić information content (AvgIpc) is 3.34. The molecule has 8 nitrogen and oxygen atoms in total. The molecule has 3 N–H and O–H groups in total. The Bertz CT molecular complexity index is 824. The molecule has 150 valence electrons. The van der Waals surface area contributed by atoms with Gasteiger partial charge in [-0.25, -0.2) is 0 Å². The number of nitrogens with zero attached hydrogens (tertiary/aromatic N) is 2. The third kappa shape index (κ3) is 3.89. The molecule has 1 amide bonds. The van der Waals surface area contributed by atoms with E-state index < -0.39 is 0 Å². The highest BCUT2D eigenvalue weighted by Gasteiger charge is 2.37. The Kier molecular flexibility index (Phi) is 5.61. The number of aromatic amines is 1. The van der Waals surface area contributed by atoms with E-state index in [2.05, 4.69) is 20.4 Å². The third-order valence-electron chi connectivity index (χ3n) is 5.48. The number of aromatic nitrogens is 2. The Morgan fingerprint density at radius 2 is 2.29 bits per heavy atom. The average molecular weight is 386 g/mol. The highest BCUT2D eigenvalue weighted by atomic mass is 16.5. The fraction of sp³-hybridized carbons (Fsp3) is 0.500. The molecule has 2 aliphatic heterocycles. The standard InChI is InChI=1S/C20H26N4O4/c1-27-19-5-3-2-4-16(19)17-9-18(23-22-17)20(26)21-13-8-14-12-28-15(6-7-25)11-24(14)10-13/h2-5,9,13-15,25H,6-8,10-12H2,1H3,(H,21,26)(H,22,23)/t13-,14+,15+/m1/s1. The molecule has 0 spiro atoms. The van der Waals surface area contributed by atoms with Crippen molar-refractivity contribution < 1.29 is 19.4 Å². The van der Waals surface area contributed by atoms with Crippen molar-refractivity contribution in [3.8, 4) is 17.0 Å². The minimum absolute atomic E-state index is 0.0757. The van der Waals surface area contributed by atoms with Gasteiger partial charge in [-0.15, -0.1) is 0 Å². The number of hydrogen-bond acceptors (Lipinski definition) is 6. The number of morpholine rings is 1. The molecule has 2 aliphatic rings. The summed E-state index contributed by atoms with van der Waals surface area (Å²) in [6.07, 6.45) is 1.59. The molecule has 0 radical (unpaired) electrons. The summed E-state index contributed by atoms with van der Waals surface area (Å²) >= 11 is 0. The Morgan fingerprint density at radius 3 is 3.11 bits per heavy atom. The second kappa shape index (κ2) is 8.30. The summed E-state index contributed by atoms with van der Waals surface area (Å²) in [5.74, 6) is 0.553. The van der Waals surface area contributed by atoms with Crippen LogP contribution in [0.15, 0.2) is 30.3 Å². The Hall–Kier alpha value is -2.42. The molecule has 0 bridgehead atoms.